The number of nitrogens with zero attached hydrogens (tertiary/aromatic N) is 4. The van der Waals surface area contributed by atoms with Gasteiger partial charge in [0.1, 0.15) is 5.69 Å². The van der Waals surface area contributed by atoms with Gasteiger partial charge in [-0.25, -0.2) is 0 Å². The molecule has 6 heteroatoms. The summed E-state index contributed by atoms with van der Waals surface area (Å²) in [5.41, 5.74) is 5.36. The molecule has 0 unspecified atom stereocenters. The van der Waals surface area contributed by atoms with Crippen molar-refractivity contribution in [3.63, 3.8) is 0 Å². The minimum absolute atomic E-state index is 0.636. The Kier molecular flexibility index (Phi) is 4.95. The summed E-state index contributed by atoms with van der Waals surface area (Å²) in [7, 11) is 0. The average molecular weight is 431 g/mol. The fraction of sp³-hybridized carbons (Fsp3) is 0.0417. The molecule has 0 saturated carbocycles. The maximum Gasteiger partial charge on any atom is 0.178 e. The molecule has 0 aliphatic rings. The number of hydrogen-bond acceptors (Lipinski definition) is 3. The van der Waals surface area contributed by atoms with Crippen LogP contribution in [-0.2, 0) is 6.42 Å². The lowest BCUT2D eigenvalue weighted by Crippen LogP contribution is -2.03. The zero-order valence-electron chi connectivity index (χ0n) is 15.8. The van der Waals surface area contributed by atoms with E-state index in [2.05, 4.69) is 22.3 Å². The van der Waals surface area contributed by atoms with Gasteiger partial charge in [0.2, 0.25) is 0 Å². The lowest BCUT2D eigenvalue weighted by Gasteiger charge is -2.12. The normalized spacial score (nSPS) is 11.1. The van der Waals surface area contributed by atoms with Crippen LogP contribution in [0.25, 0.3) is 28.0 Å². The van der Waals surface area contributed by atoms with Crippen LogP contribution in [0.15, 0.2) is 84.9 Å². The number of benzene rings is 3. The summed E-state index contributed by atoms with van der Waals surface area (Å²) >= 11 is 12.6. The van der Waals surface area contributed by atoms with E-state index in [0.29, 0.717) is 22.1 Å². The number of aromatic nitrogens is 4. The smallest absolute Gasteiger partial charge is 0.178 e. The molecule has 2 heterocycles. The van der Waals surface area contributed by atoms with Crippen LogP contribution in [0.5, 0.6) is 0 Å². The standard InChI is InChI=1S/C24H16Cl2N4/c25-18-12-10-17(11-13-18)20-15-23-28-27-22(14-16-6-2-1-3-7-16)30(23)29-24(20)19-8-4-5-9-21(19)26/h1-13,15H,14H2. The van der Waals surface area contributed by atoms with Gasteiger partial charge in [-0.1, -0.05) is 83.9 Å². The van der Waals surface area contributed by atoms with E-state index in [0.717, 1.165) is 33.8 Å². The van der Waals surface area contributed by atoms with Crippen molar-refractivity contribution >= 4 is 28.8 Å². The van der Waals surface area contributed by atoms with E-state index < -0.39 is 0 Å². The fourth-order valence-corrected chi connectivity index (χ4v) is 3.82. The van der Waals surface area contributed by atoms with Crippen molar-refractivity contribution < 1.29 is 0 Å². The topological polar surface area (TPSA) is 43.1 Å². The molecule has 30 heavy (non-hydrogen) atoms. The fourth-order valence-electron chi connectivity index (χ4n) is 3.47. The molecule has 0 fully saturated rings. The van der Waals surface area contributed by atoms with Crippen LogP contribution in [0.1, 0.15) is 11.4 Å². The zero-order chi connectivity index (χ0) is 20.5. The monoisotopic (exact) mass is 430 g/mol. The van der Waals surface area contributed by atoms with Gasteiger partial charge < -0.3 is 0 Å². The molecule has 4 nitrogen and oxygen atoms in total. The van der Waals surface area contributed by atoms with Crippen LogP contribution in [-0.4, -0.2) is 19.8 Å². The van der Waals surface area contributed by atoms with Crippen LogP contribution in [0.3, 0.4) is 0 Å². The van der Waals surface area contributed by atoms with E-state index in [1.165, 1.54) is 0 Å². The van der Waals surface area contributed by atoms with E-state index in [1.54, 1.807) is 4.52 Å². The molecular weight excluding hydrogens is 415 g/mol. The lowest BCUT2D eigenvalue weighted by atomic mass is 10.00. The summed E-state index contributed by atoms with van der Waals surface area (Å²) < 4.78 is 1.80. The molecule has 0 bridgehead atoms. The van der Waals surface area contributed by atoms with Gasteiger partial charge in [-0.2, -0.15) is 9.61 Å². The third kappa shape index (κ3) is 3.56. The third-order valence-electron chi connectivity index (χ3n) is 4.95. The highest BCUT2D eigenvalue weighted by atomic mass is 35.5. The van der Waals surface area contributed by atoms with Gasteiger partial charge in [0, 0.05) is 22.6 Å². The Hall–Kier alpha value is -3.21. The van der Waals surface area contributed by atoms with Gasteiger partial charge in [-0.15, -0.1) is 10.2 Å². The van der Waals surface area contributed by atoms with Gasteiger partial charge in [-0.3, -0.25) is 0 Å². The molecule has 2 aromatic heterocycles. The van der Waals surface area contributed by atoms with Crippen molar-refractivity contribution in [1.29, 1.82) is 0 Å². The van der Waals surface area contributed by atoms with E-state index in [1.807, 2.05) is 72.8 Å². The molecule has 5 aromatic rings. The van der Waals surface area contributed by atoms with Crippen molar-refractivity contribution in [3.05, 3.63) is 106 Å². The van der Waals surface area contributed by atoms with Gasteiger partial charge >= 0.3 is 0 Å². The first-order valence-corrected chi connectivity index (χ1v) is 10.2. The Morgan fingerprint density at radius 2 is 1.47 bits per heavy atom. The summed E-state index contributed by atoms with van der Waals surface area (Å²) in [6, 6.07) is 27.5. The second-order valence-electron chi connectivity index (χ2n) is 6.94. The Bertz CT molecular complexity index is 1330. The number of halogens is 2. The minimum atomic E-state index is 0.636. The quantitative estimate of drug-likeness (QED) is 0.333. The van der Waals surface area contributed by atoms with Crippen molar-refractivity contribution in [2.24, 2.45) is 0 Å². The summed E-state index contributed by atoms with van der Waals surface area (Å²) in [6.45, 7) is 0. The van der Waals surface area contributed by atoms with Crippen LogP contribution < -0.4 is 0 Å². The maximum absolute atomic E-state index is 6.54. The highest BCUT2D eigenvalue weighted by molar-refractivity contribution is 6.33. The van der Waals surface area contributed by atoms with Gasteiger partial charge in [-0.05, 0) is 35.4 Å². The molecule has 5 rings (SSSR count). The van der Waals surface area contributed by atoms with Crippen LogP contribution in [0, 0.1) is 0 Å². The second-order valence-corrected chi connectivity index (χ2v) is 7.79. The van der Waals surface area contributed by atoms with Crippen LogP contribution in [0.4, 0.5) is 0 Å². The van der Waals surface area contributed by atoms with E-state index >= 15 is 0 Å². The lowest BCUT2D eigenvalue weighted by molar-refractivity contribution is 0.842. The number of rotatable bonds is 4. The van der Waals surface area contributed by atoms with Gasteiger partial charge in [0.25, 0.3) is 0 Å². The molecule has 0 saturated heterocycles. The second kappa shape index (κ2) is 7.90. The first kappa shape index (κ1) is 18.8. The molecule has 0 amide bonds. The highest BCUT2D eigenvalue weighted by Crippen LogP contribution is 2.35. The summed E-state index contributed by atoms with van der Waals surface area (Å²) in [4.78, 5) is 0. The minimum Gasteiger partial charge on any atom is -0.196 e. The summed E-state index contributed by atoms with van der Waals surface area (Å²) in [6.07, 6.45) is 0.636. The molecule has 146 valence electrons. The molecule has 0 aliphatic carbocycles. The molecule has 0 spiro atoms. The van der Waals surface area contributed by atoms with Crippen molar-refractivity contribution in [1.82, 2.24) is 19.8 Å². The van der Waals surface area contributed by atoms with Gasteiger partial charge in [0.15, 0.2) is 11.5 Å². The number of hydrogen-bond donors (Lipinski definition) is 0. The maximum atomic E-state index is 6.54. The summed E-state index contributed by atoms with van der Waals surface area (Å²) in [5.74, 6) is 0.771. The van der Waals surface area contributed by atoms with Crippen molar-refractivity contribution in [2.75, 3.05) is 0 Å². The molecule has 0 N–H and O–H groups in total. The summed E-state index contributed by atoms with van der Waals surface area (Å²) in [5, 5.41) is 15.0. The molecule has 0 atom stereocenters. The number of fused-ring (bicyclic) bond motifs is 1. The van der Waals surface area contributed by atoms with E-state index in [4.69, 9.17) is 28.3 Å². The third-order valence-corrected chi connectivity index (χ3v) is 5.53. The molecule has 0 aliphatic heterocycles. The molecule has 0 radical (unpaired) electrons. The van der Waals surface area contributed by atoms with E-state index in [-0.39, 0.29) is 0 Å². The van der Waals surface area contributed by atoms with Crippen molar-refractivity contribution in [3.8, 4) is 22.4 Å². The predicted octanol–water partition coefficient (Wildman–Crippen LogP) is 6.36. The zero-order valence-corrected chi connectivity index (χ0v) is 17.3. The largest absolute Gasteiger partial charge is 0.196 e. The van der Waals surface area contributed by atoms with Gasteiger partial charge in [0.05, 0.1) is 5.02 Å². The average Bonchev–Trinajstić information content (AvgIpc) is 3.16. The van der Waals surface area contributed by atoms with Crippen LogP contribution in [0.2, 0.25) is 10.0 Å². The Morgan fingerprint density at radius 3 is 2.23 bits per heavy atom. The van der Waals surface area contributed by atoms with Crippen molar-refractivity contribution in [2.45, 2.75) is 6.42 Å². The molecular formula is C24H16Cl2N4. The Labute approximate surface area is 183 Å². The highest BCUT2D eigenvalue weighted by Gasteiger charge is 2.17. The molecule has 3 aromatic carbocycles. The Morgan fingerprint density at radius 1 is 0.733 bits per heavy atom. The SMILES string of the molecule is Clc1ccc(-c2cc3nnc(Cc4ccccc4)n3nc2-c2ccccc2Cl)cc1. The van der Waals surface area contributed by atoms with Crippen LogP contribution >= 0.6 is 23.2 Å². The predicted molar refractivity (Wildman–Crippen MR) is 121 cm³/mol. The Balaban J connectivity index is 1.72. The first-order valence-electron chi connectivity index (χ1n) is 9.49. The first-order chi connectivity index (χ1) is 14.7. The van der Waals surface area contributed by atoms with E-state index in [9.17, 15) is 0 Å².